The van der Waals surface area contributed by atoms with Gasteiger partial charge < -0.3 is 15.0 Å². The van der Waals surface area contributed by atoms with Crippen molar-refractivity contribution in [2.45, 2.75) is 6.42 Å². The molecule has 1 saturated heterocycles. The molecule has 0 unspecified atom stereocenters. The van der Waals surface area contributed by atoms with E-state index in [0.29, 0.717) is 34.4 Å². The molecule has 2 heterocycles. The van der Waals surface area contributed by atoms with E-state index >= 15 is 0 Å². The van der Waals surface area contributed by atoms with Crippen LogP contribution in [0.3, 0.4) is 0 Å². The van der Waals surface area contributed by atoms with Crippen LogP contribution in [0, 0.1) is 0 Å². The average Bonchev–Trinajstić information content (AvgIpc) is 2.86. The maximum atomic E-state index is 12.8. The molecule has 1 aromatic heterocycles. The van der Waals surface area contributed by atoms with Crippen molar-refractivity contribution in [2.75, 3.05) is 26.2 Å². The number of hydrogen-bond donors (Lipinski definition) is 1. The molecule has 0 atom stereocenters. The Morgan fingerprint density at radius 3 is 2.73 bits per heavy atom. The van der Waals surface area contributed by atoms with Crippen molar-refractivity contribution < 1.29 is 9.53 Å². The lowest BCUT2D eigenvalue weighted by atomic mass is 10.2. The van der Waals surface area contributed by atoms with Crippen LogP contribution in [0.2, 0.25) is 10.0 Å². The molecule has 1 aliphatic heterocycles. The third kappa shape index (κ3) is 5.63. The number of rotatable bonds is 3. The first-order valence-corrected chi connectivity index (χ1v) is 8.48. The number of nitrogens with zero attached hydrogens (tertiary/aromatic N) is 2. The normalized spacial score (nSPS) is 13.8. The number of benzene rings is 1. The molecule has 5 nitrogen and oxygen atoms in total. The van der Waals surface area contributed by atoms with Crippen molar-refractivity contribution >= 4 is 53.9 Å². The number of carbonyl (C=O) groups is 1. The predicted octanol–water partition coefficient (Wildman–Crippen LogP) is 4.46. The van der Waals surface area contributed by atoms with Gasteiger partial charge in [-0.1, -0.05) is 23.2 Å². The van der Waals surface area contributed by atoms with E-state index in [1.54, 1.807) is 36.5 Å². The lowest BCUT2D eigenvalue weighted by Crippen LogP contribution is -2.34. The number of nitrogens with one attached hydrogen (secondary N) is 1. The number of hydrogen-bond acceptors (Lipinski definition) is 4. The fourth-order valence-electron chi connectivity index (χ4n) is 2.52. The van der Waals surface area contributed by atoms with E-state index in [2.05, 4.69) is 10.3 Å². The van der Waals surface area contributed by atoms with Crippen molar-refractivity contribution in [3.05, 3.63) is 52.1 Å². The summed E-state index contributed by atoms with van der Waals surface area (Å²) in [5.41, 5.74) is 0.422. The molecular weight excluding hydrogens is 420 g/mol. The van der Waals surface area contributed by atoms with Gasteiger partial charge in [-0.2, -0.15) is 0 Å². The van der Waals surface area contributed by atoms with Crippen molar-refractivity contribution in [1.29, 1.82) is 0 Å². The molecular formula is C17H19Cl4N3O2. The number of ether oxygens (including phenoxy) is 1. The summed E-state index contributed by atoms with van der Waals surface area (Å²) in [6, 6.07) is 8.35. The Balaban J connectivity index is 0.00000169. The molecule has 1 aliphatic rings. The molecule has 9 heteroatoms. The summed E-state index contributed by atoms with van der Waals surface area (Å²) < 4.78 is 5.77. The molecule has 2 aromatic rings. The summed E-state index contributed by atoms with van der Waals surface area (Å²) in [5, 5.41) is 4.16. The molecule has 0 saturated carbocycles. The molecule has 3 rings (SSSR count). The summed E-state index contributed by atoms with van der Waals surface area (Å²) in [7, 11) is 0. The predicted molar refractivity (Wildman–Crippen MR) is 109 cm³/mol. The Kier molecular flexibility index (Phi) is 9.47. The van der Waals surface area contributed by atoms with Gasteiger partial charge in [-0.15, -0.1) is 24.8 Å². The Morgan fingerprint density at radius 2 is 1.96 bits per heavy atom. The lowest BCUT2D eigenvalue weighted by molar-refractivity contribution is 0.0763. The van der Waals surface area contributed by atoms with E-state index in [0.717, 1.165) is 19.5 Å². The van der Waals surface area contributed by atoms with Gasteiger partial charge in [0.15, 0.2) is 0 Å². The standard InChI is InChI=1S/C17H17Cl2N3O2.2ClH/c18-12-4-5-15(14(19)11-12)24-16-13(3-1-7-21-16)17(23)22-9-2-6-20-8-10-22;;/h1,3-5,7,11,20H,2,6,8-10H2;2*1H. The molecule has 0 bridgehead atoms. The second-order valence-corrected chi connectivity index (χ2v) is 6.27. The van der Waals surface area contributed by atoms with Gasteiger partial charge in [-0.25, -0.2) is 4.98 Å². The number of amides is 1. The largest absolute Gasteiger partial charge is 0.437 e. The highest BCUT2D eigenvalue weighted by atomic mass is 35.5. The van der Waals surface area contributed by atoms with Gasteiger partial charge in [0.05, 0.1) is 5.02 Å². The van der Waals surface area contributed by atoms with Crippen molar-refractivity contribution in [3.8, 4) is 11.6 Å². The first kappa shape index (κ1) is 22.8. The minimum absolute atomic E-state index is 0. The zero-order chi connectivity index (χ0) is 16.9. The molecule has 0 radical (unpaired) electrons. The van der Waals surface area contributed by atoms with Gasteiger partial charge in [0.25, 0.3) is 5.91 Å². The first-order chi connectivity index (χ1) is 11.6. The Morgan fingerprint density at radius 1 is 1.15 bits per heavy atom. The molecule has 1 aromatic carbocycles. The fourth-order valence-corrected chi connectivity index (χ4v) is 2.96. The van der Waals surface area contributed by atoms with Crippen LogP contribution >= 0.6 is 48.0 Å². The quantitative estimate of drug-likeness (QED) is 0.768. The van der Waals surface area contributed by atoms with Crippen LogP contribution in [0.4, 0.5) is 0 Å². The van der Waals surface area contributed by atoms with E-state index in [1.165, 1.54) is 0 Å². The third-order valence-electron chi connectivity index (χ3n) is 3.73. The monoisotopic (exact) mass is 437 g/mol. The molecule has 0 aliphatic carbocycles. The van der Waals surface area contributed by atoms with Gasteiger partial charge in [0, 0.05) is 30.9 Å². The Bertz CT molecular complexity index is 738. The van der Waals surface area contributed by atoms with Crippen LogP contribution in [0.5, 0.6) is 11.6 Å². The SMILES string of the molecule is Cl.Cl.O=C(c1cccnc1Oc1ccc(Cl)cc1Cl)N1CCCNCC1. The van der Waals surface area contributed by atoms with Crippen molar-refractivity contribution in [2.24, 2.45) is 0 Å². The van der Waals surface area contributed by atoms with E-state index in [1.807, 2.05) is 4.90 Å². The highest BCUT2D eigenvalue weighted by Crippen LogP contribution is 2.32. The van der Waals surface area contributed by atoms with Gasteiger partial charge in [0.2, 0.25) is 5.88 Å². The van der Waals surface area contributed by atoms with Crippen molar-refractivity contribution in [1.82, 2.24) is 15.2 Å². The van der Waals surface area contributed by atoms with Crippen molar-refractivity contribution in [3.63, 3.8) is 0 Å². The second-order valence-electron chi connectivity index (χ2n) is 5.43. The molecule has 142 valence electrons. The maximum absolute atomic E-state index is 12.8. The van der Waals surface area contributed by atoms with Gasteiger partial charge in [0.1, 0.15) is 11.3 Å². The highest BCUT2D eigenvalue weighted by Gasteiger charge is 2.22. The Labute approximate surface area is 174 Å². The first-order valence-electron chi connectivity index (χ1n) is 7.73. The van der Waals surface area contributed by atoms with Crippen LogP contribution in [-0.4, -0.2) is 42.0 Å². The van der Waals surface area contributed by atoms with Crippen LogP contribution in [0.25, 0.3) is 0 Å². The molecule has 1 N–H and O–H groups in total. The number of aromatic nitrogens is 1. The van der Waals surface area contributed by atoms with Gasteiger partial charge in [-0.05, 0) is 43.3 Å². The summed E-state index contributed by atoms with van der Waals surface area (Å²) in [4.78, 5) is 18.8. The average molecular weight is 439 g/mol. The van der Waals surface area contributed by atoms with E-state index in [4.69, 9.17) is 27.9 Å². The van der Waals surface area contributed by atoms with Crippen LogP contribution in [0.15, 0.2) is 36.5 Å². The summed E-state index contributed by atoms with van der Waals surface area (Å²) in [6.45, 7) is 3.07. The van der Waals surface area contributed by atoms with Crippen LogP contribution < -0.4 is 10.1 Å². The fraction of sp³-hybridized carbons (Fsp3) is 0.294. The van der Waals surface area contributed by atoms with Crippen LogP contribution in [-0.2, 0) is 0 Å². The minimum atomic E-state index is -0.0908. The number of halogens is 4. The molecule has 1 amide bonds. The topological polar surface area (TPSA) is 54.5 Å². The number of pyridine rings is 1. The van der Waals surface area contributed by atoms with E-state index < -0.39 is 0 Å². The third-order valence-corrected chi connectivity index (χ3v) is 4.26. The molecule has 1 fully saturated rings. The van der Waals surface area contributed by atoms with E-state index in [9.17, 15) is 4.79 Å². The maximum Gasteiger partial charge on any atom is 0.259 e. The van der Waals surface area contributed by atoms with Gasteiger partial charge >= 0.3 is 0 Å². The zero-order valence-electron chi connectivity index (χ0n) is 13.8. The van der Waals surface area contributed by atoms with Crippen LogP contribution in [0.1, 0.15) is 16.8 Å². The van der Waals surface area contributed by atoms with E-state index in [-0.39, 0.29) is 36.6 Å². The summed E-state index contributed by atoms with van der Waals surface area (Å²) >= 11 is 12.0. The van der Waals surface area contributed by atoms with Gasteiger partial charge in [-0.3, -0.25) is 4.79 Å². The zero-order valence-corrected chi connectivity index (χ0v) is 16.9. The Hall–Kier alpha value is -1.24. The number of carbonyl (C=O) groups excluding carboxylic acids is 1. The minimum Gasteiger partial charge on any atom is -0.437 e. The summed E-state index contributed by atoms with van der Waals surface area (Å²) in [6.07, 6.45) is 2.51. The molecule has 26 heavy (non-hydrogen) atoms. The summed E-state index contributed by atoms with van der Waals surface area (Å²) in [5.74, 6) is 0.558. The highest BCUT2D eigenvalue weighted by molar-refractivity contribution is 6.35. The molecule has 0 spiro atoms. The lowest BCUT2D eigenvalue weighted by Gasteiger charge is -2.21. The second kappa shape index (κ2) is 10.8. The smallest absolute Gasteiger partial charge is 0.259 e.